The Morgan fingerprint density at radius 1 is 1.19 bits per heavy atom. The molecule has 1 amide bonds. The van der Waals surface area contributed by atoms with E-state index in [1.54, 1.807) is 48.5 Å². The van der Waals surface area contributed by atoms with E-state index in [0.717, 1.165) is 6.42 Å². The zero-order chi connectivity index (χ0) is 18.4. The summed E-state index contributed by atoms with van der Waals surface area (Å²) in [5.41, 5.74) is 3.39. The number of rotatable bonds is 6. The molecule has 0 spiro atoms. The number of para-hydroxylation sites is 1. The normalized spacial score (nSPS) is 11.0. The summed E-state index contributed by atoms with van der Waals surface area (Å²) in [6.07, 6.45) is 3.51. The molecular weight excluding hydrogens is 332 g/mol. The molecule has 0 aliphatic heterocycles. The van der Waals surface area contributed by atoms with Gasteiger partial charge in [-0.1, -0.05) is 19.1 Å². The first-order valence-corrected chi connectivity index (χ1v) is 8.26. The fourth-order valence-corrected chi connectivity index (χ4v) is 2.33. The Balaban J connectivity index is 1.67. The monoisotopic (exact) mass is 350 g/mol. The molecule has 0 bridgehead atoms. The van der Waals surface area contributed by atoms with E-state index < -0.39 is 0 Å². The summed E-state index contributed by atoms with van der Waals surface area (Å²) in [6, 6.07) is 13.7. The molecule has 1 N–H and O–H groups in total. The van der Waals surface area contributed by atoms with E-state index in [-0.39, 0.29) is 16.9 Å². The lowest BCUT2D eigenvalue weighted by Gasteiger charge is -2.05. The van der Waals surface area contributed by atoms with Crippen molar-refractivity contribution < 1.29 is 13.9 Å². The van der Waals surface area contributed by atoms with E-state index in [1.807, 2.05) is 6.92 Å². The number of nitrogens with zero attached hydrogens (tertiary/aromatic N) is 1. The average Bonchev–Trinajstić information content (AvgIpc) is 2.68. The Kier molecular flexibility index (Phi) is 5.43. The van der Waals surface area contributed by atoms with E-state index in [9.17, 15) is 9.59 Å². The van der Waals surface area contributed by atoms with Gasteiger partial charge < -0.3 is 9.15 Å². The standard InChI is InChI=1S/C20H18N2O4/c1-2-11-25-16-9-7-14(8-10-16)20(24)22-21-12-15-13-26-18-6-4-3-5-17(18)19(15)23/h3-10,12-13H,2,11H2,1H3,(H,22,24)/b21-12+. The van der Waals surface area contributed by atoms with Crippen LogP contribution in [0.3, 0.4) is 0 Å². The van der Waals surface area contributed by atoms with Crippen LogP contribution in [0.15, 0.2) is 69.1 Å². The van der Waals surface area contributed by atoms with Crippen molar-refractivity contribution in [2.75, 3.05) is 6.61 Å². The topological polar surface area (TPSA) is 80.9 Å². The number of benzene rings is 2. The second-order valence-corrected chi connectivity index (χ2v) is 5.59. The maximum Gasteiger partial charge on any atom is 0.271 e. The Morgan fingerprint density at radius 3 is 2.73 bits per heavy atom. The van der Waals surface area contributed by atoms with Crippen LogP contribution < -0.4 is 15.6 Å². The Morgan fingerprint density at radius 2 is 1.96 bits per heavy atom. The van der Waals surface area contributed by atoms with Crippen LogP contribution in [-0.2, 0) is 0 Å². The zero-order valence-corrected chi connectivity index (χ0v) is 14.3. The first kappa shape index (κ1) is 17.4. The fraction of sp³-hybridized carbons (Fsp3) is 0.150. The molecule has 0 atom stereocenters. The summed E-state index contributed by atoms with van der Waals surface area (Å²) in [5, 5.41) is 4.31. The molecule has 0 aliphatic carbocycles. The van der Waals surface area contributed by atoms with Crippen LogP contribution in [0.25, 0.3) is 11.0 Å². The summed E-state index contributed by atoms with van der Waals surface area (Å²) in [4.78, 5) is 24.4. The summed E-state index contributed by atoms with van der Waals surface area (Å²) in [7, 11) is 0. The van der Waals surface area contributed by atoms with Crippen LogP contribution >= 0.6 is 0 Å². The minimum atomic E-state index is -0.381. The number of carbonyl (C=O) groups excluding carboxylic acids is 1. The molecule has 0 radical (unpaired) electrons. The van der Waals surface area contributed by atoms with Crippen molar-refractivity contribution in [2.45, 2.75) is 13.3 Å². The van der Waals surface area contributed by atoms with Gasteiger partial charge in [-0.2, -0.15) is 5.10 Å². The highest BCUT2D eigenvalue weighted by Crippen LogP contribution is 2.12. The van der Waals surface area contributed by atoms with Crippen molar-refractivity contribution in [3.63, 3.8) is 0 Å². The lowest BCUT2D eigenvalue weighted by molar-refractivity contribution is 0.0955. The van der Waals surface area contributed by atoms with E-state index in [2.05, 4.69) is 10.5 Å². The number of carbonyl (C=O) groups is 1. The van der Waals surface area contributed by atoms with Gasteiger partial charge in [-0.05, 0) is 42.8 Å². The van der Waals surface area contributed by atoms with Crippen molar-refractivity contribution >= 4 is 23.1 Å². The van der Waals surface area contributed by atoms with Gasteiger partial charge in [0.2, 0.25) is 5.43 Å². The van der Waals surface area contributed by atoms with Gasteiger partial charge in [-0.15, -0.1) is 0 Å². The minimum absolute atomic E-state index is 0.206. The quantitative estimate of drug-likeness (QED) is 0.546. The molecule has 0 aliphatic rings. The molecule has 26 heavy (non-hydrogen) atoms. The fourth-order valence-electron chi connectivity index (χ4n) is 2.33. The van der Waals surface area contributed by atoms with E-state index in [1.165, 1.54) is 12.5 Å². The molecule has 0 fully saturated rings. The van der Waals surface area contributed by atoms with Crippen molar-refractivity contribution in [3.05, 3.63) is 76.1 Å². The molecule has 1 aromatic heterocycles. The van der Waals surface area contributed by atoms with Crippen molar-refractivity contribution in [1.82, 2.24) is 5.43 Å². The van der Waals surface area contributed by atoms with Crippen molar-refractivity contribution in [3.8, 4) is 5.75 Å². The Bertz CT molecular complexity index is 991. The summed E-state index contributed by atoms with van der Waals surface area (Å²) < 4.78 is 10.9. The molecule has 3 aromatic rings. The zero-order valence-electron chi connectivity index (χ0n) is 14.3. The summed E-state index contributed by atoms with van der Waals surface area (Å²) in [6.45, 7) is 2.65. The third-order valence-corrected chi connectivity index (χ3v) is 3.67. The molecular formula is C20H18N2O4. The van der Waals surface area contributed by atoms with Gasteiger partial charge in [0, 0.05) is 5.56 Å². The van der Waals surface area contributed by atoms with Crippen LogP contribution in [0.5, 0.6) is 5.75 Å². The molecule has 1 heterocycles. The maximum absolute atomic E-state index is 12.3. The highest BCUT2D eigenvalue weighted by atomic mass is 16.5. The number of hydrogen-bond acceptors (Lipinski definition) is 5. The van der Waals surface area contributed by atoms with Crippen LogP contribution in [0.4, 0.5) is 0 Å². The molecule has 0 saturated carbocycles. The van der Waals surface area contributed by atoms with Gasteiger partial charge >= 0.3 is 0 Å². The van der Waals surface area contributed by atoms with Gasteiger partial charge in [0.05, 0.1) is 23.8 Å². The molecule has 3 rings (SSSR count). The SMILES string of the molecule is CCCOc1ccc(C(=O)N/N=C/c2coc3ccccc3c2=O)cc1. The van der Waals surface area contributed by atoms with Gasteiger partial charge in [-0.25, -0.2) is 5.43 Å². The Hall–Kier alpha value is -3.41. The number of hydrazone groups is 1. The molecule has 0 unspecified atom stereocenters. The first-order chi connectivity index (χ1) is 12.7. The van der Waals surface area contributed by atoms with Crippen LogP contribution in [0.1, 0.15) is 29.3 Å². The average molecular weight is 350 g/mol. The van der Waals surface area contributed by atoms with Gasteiger partial charge in [0.15, 0.2) is 0 Å². The second kappa shape index (κ2) is 8.11. The third kappa shape index (κ3) is 3.97. The second-order valence-electron chi connectivity index (χ2n) is 5.59. The van der Waals surface area contributed by atoms with E-state index in [4.69, 9.17) is 9.15 Å². The van der Waals surface area contributed by atoms with Gasteiger partial charge in [0.1, 0.15) is 17.6 Å². The summed E-state index contributed by atoms with van der Waals surface area (Å²) >= 11 is 0. The molecule has 132 valence electrons. The number of hydrogen-bond donors (Lipinski definition) is 1. The Labute approximate surface area is 150 Å². The first-order valence-electron chi connectivity index (χ1n) is 8.26. The summed E-state index contributed by atoms with van der Waals surface area (Å²) in [5.74, 6) is 0.328. The highest BCUT2D eigenvalue weighted by molar-refractivity contribution is 5.95. The van der Waals surface area contributed by atoms with Crippen LogP contribution in [0, 0.1) is 0 Å². The van der Waals surface area contributed by atoms with Crippen molar-refractivity contribution in [1.29, 1.82) is 0 Å². The smallest absolute Gasteiger partial charge is 0.271 e. The van der Waals surface area contributed by atoms with Gasteiger partial charge in [-0.3, -0.25) is 9.59 Å². The molecule has 2 aromatic carbocycles. The van der Waals surface area contributed by atoms with Crippen LogP contribution in [0.2, 0.25) is 0 Å². The largest absolute Gasteiger partial charge is 0.494 e. The third-order valence-electron chi connectivity index (χ3n) is 3.67. The molecule has 6 heteroatoms. The lowest BCUT2D eigenvalue weighted by atomic mass is 10.2. The highest BCUT2D eigenvalue weighted by Gasteiger charge is 2.06. The predicted octanol–water partition coefficient (Wildman–Crippen LogP) is 3.35. The lowest BCUT2D eigenvalue weighted by Crippen LogP contribution is -2.18. The number of ether oxygens (including phenoxy) is 1. The van der Waals surface area contributed by atoms with E-state index >= 15 is 0 Å². The number of nitrogens with one attached hydrogen (secondary N) is 1. The number of amides is 1. The molecule has 6 nitrogen and oxygen atoms in total. The van der Waals surface area contributed by atoms with Gasteiger partial charge in [0.25, 0.3) is 5.91 Å². The van der Waals surface area contributed by atoms with E-state index in [0.29, 0.717) is 28.9 Å². The molecule has 0 saturated heterocycles. The predicted molar refractivity (Wildman–Crippen MR) is 99.8 cm³/mol. The number of fused-ring (bicyclic) bond motifs is 1. The maximum atomic E-state index is 12.3. The van der Waals surface area contributed by atoms with Crippen LogP contribution in [-0.4, -0.2) is 18.7 Å². The van der Waals surface area contributed by atoms with Crippen molar-refractivity contribution in [2.24, 2.45) is 5.10 Å². The minimum Gasteiger partial charge on any atom is -0.494 e.